The van der Waals surface area contributed by atoms with Crippen molar-refractivity contribution in [2.24, 2.45) is 5.41 Å². The minimum absolute atomic E-state index is 0.0221. The van der Waals surface area contributed by atoms with Crippen LogP contribution in [0.3, 0.4) is 0 Å². The van der Waals surface area contributed by atoms with E-state index < -0.39 is 6.04 Å². The van der Waals surface area contributed by atoms with E-state index in [-0.39, 0.29) is 36.3 Å². The van der Waals surface area contributed by atoms with E-state index >= 15 is 0 Å². The highest BCUT2D eigenvalue weighted by atomic mass is 35.5. The fourth-order valence-corrected chi connectivity index (χ4v) is 5.53. The van der Waals surface area contributed by atoms with Crippen molar-refractivity contribution in [3.63, 3.8) is 0 Å². The van der Waals surface area contributed by atoms with E-state index in [1.54, 1.807) is 29.2 Å². The molecule has 1 aromatic heterocycles. The number of benzene rings is 1. The smallest absolute Gasteiger partial charge is 0.261 e. The predicted octanol–water partition coefficient (Wildman–Crippen LogP) is 4.40. The van der Waals surface area contributed by atoms with E-state index in [9.17, 15) is 14.4 Å². The van der Waals surface area contributed by atoms with Gasteiger partial charge in [0.15, 0.2) is 0 Å². The minimum atomic E-state index is -0.538. The highest BCUT2D eigenvalue weighted by Crippen LogP contribution is 2.30. The maximum atomic E-state index is 13.7. The molecule has 1 saturated heterocycles. The molecule has 1 atom stereocenters. The molecule has 2 N–H and O–H groups in total. The number of rotatable bonds is 9. The highest BCUT2D eigenvalue weighted by Gasteiger charge is 2.37. The van der Waals surface area contributed by atoms with Crippen LogP contribution in [-0.4, -0.2) is 67.6 Å². The standard InChI is InChI=1S/C27H35ClN4O4S/c1-27(2,3)17-32(19-5-4-6-19)21(15-29-26(35)22-11-12-23(28)37-22)25(34)30-18-7-9-20(10-8-18)31-13-14-36-16-24(31)33/h7-12,19,21H,4-6,13-17H2,1-3H3,(H,29,35)(H,30,34)/t21-/m1/s1. The lowest BCUT2D eigenvalue weighted by Crippen LogP contribution is -2.58. The molecule has 2 heterocycles. The van der Waals surface area contributed by atoms with Gasteiger partial charge in [-0.15, -0.1) is 11.3 Å². The van der Waals surface area contributed by atoms with Crippen molar-refractivity contribution in [2.45, 2.75) is 52.1 Å². The summed E-state index contributed by atoms with van der Waals surface area (Å²) in [4.78, 5) is 43.0. The molecule has 200 valence electrons. The Labute approximate surface area is 227 Å². The van der Waals surface area contributed by atoms with E-state index in [0.717, 1.165) is 31.5 Å². The average Bonchev–Trinajstić information content (AvgIpc) is 3.24. The number of nitrogens with one attached hydrogen (secondary N) is 2. The van der Waals surface area contributed by atoms with Gasteiger partial charge in [-0.3, -0.25) is 19.3 Å². The zero-order chi connectivity index (χ0) is 26.6. The molecule has 3 amide bonds. The van der Waals surface area contributed by atoms with Crippen molar-refractivity contribution in [2.75, 3.05) is 43.1 Å². The van der Waals surface area contributed by atoms with Gasteiger partial charge in [-0.1, -0.05) is 38.8 Å². The summed E-state index contributed by atoms with van der Waals surface area (Å²) in [5.74, 6) is -0.487. The average molecular weight is 547 g/mol. The molecule has 0 radical (unpaired) electrons. The third-order valence-electron chi connectivity index (χ3n) is 6.59. The number of morpholine rings is 1. The summed E-state index contributed by atoms with van der Waals surface area (Å²) in [5, 5.41) is 6.00. The zero-order valence-corrected chi connectivity index (χ0v) is 23.2. The van der Waals surface area contributed by atoms with E-state index in [1.165, 1.54) is 11.3 Å². The fourth-order valence-electron chi connectivity index (χ4n) is 4.57. The quantitative estimate of drug-likeness (QED) is 0.486. The van der Waals surface area contributed by atoms with Gasteiger partial charge in [0.1, 0.15) is 12.6 Å². The van der Waals surface area contributed by atoms with Crippen molar-refractivity contribution in [3.8, 4) is 0 Å². The van der Waals surface area contributed by atoms with Crippen molar-refractivity contribution in [1.82, 2.24) is 10.2 Å². The van der Waals surface area contributed by atoms with Crippen LogP contribution in [0.15, 0.2) is 36.4 Å². The van der Waals surface area contributed by atoms with Gasteiger partial charge in [0.05, 0.1) is 15.8 Å². The maximum Gasteiger partial charge on any atom is 0.261 e. The van der Waals surface area contributed by atoms with Gasteiger partial charge in [0, 0.05) is 37.1 Å². The molecule has 0 bridgehead atoms. The molecule has 1 aliphatic heterocycles. The lowest BCUT2D eigenvalue weighted by molar-refractivity contribution is -0.126. The summed E-state index contributed by atoms with van der Waals surface area (Å²) in [6.45, 7) is 8.48. The van der Waals surface area contributed by atoms with Crippen molar-refractivity contribution < 1.29 is 19.1 Å². The molecule has 37 heavy (non-hydrogen) atoms. The molecule has 4 rings (SSSR count). The summed E-state index contributed by atoms with van der Waals surface area (Å²) in [7, 11) is 0. The largest absolute Gasteiger partial charge is 0.370 e. The monoisotopic (exact) mass is 546 g/mol. The van der Waals surface area contributed by atoms with E-state index in [0.29, 0.717) is 34.1 Å². The predicted molar refractivity (Wildman–Crippen MR) is 147 cm³/mol. The first-order valence-corrected chi connectivity index (χ1v) is 13.9. The Morgan fingerprint density at radius 2 is 1.92 bits per heavy atom. The van der Waals surface area contributed by atoms with Crippen LogP contribution >= 0.6 is 22.9 Å². The molecule has 2 aromatic rings. The van der Waals surface area contributed by atoms with Crippen LogP contribution in [0.1, 0.15) is 49.7 Å². The Morgan fingerprint density at radius 1 is 1.19 bits per heavy atom. The summed E-state index contributed by atoms with van der Waals surface area (Å²) >= 11 is 7.22. The van der Waals surface area contributed by atoms with E-state index in [1.807, 2.05) is 12.1 Å². The molecule has 1 saturated carbocycles. The lowest BCUT2D eigenvalue weighted by Gasteiger charge is -2.44. The number of hydrogen-bond acceptors (Lipinski definition) is 6. The second kappa shape index (κ2) is 11.9. The molecule has 2 aliphatic rings. The molecule has 8 nitrogen and oxygen atoms in total. The molecule has 1 aliphatic carbocycles. The Kier molecular flexibility index (Phi) is 8.90. The van der Waals surface area contributed by atoms with Gasteiger partial charge in [-0.05, 0) is 54.7 Å². The molecule has 0 spiro atoms. The highest BCUT2D eigenvalue weighted by molar-refractivity contribution is 7.18. The van der Waals surface area contributed by atoms with Gasteiger partial charge in [-0.2, -0.15) is 0 Å². The normalized spacial score (nSPS) is 17.4. The van der Waals surface area contributed by atoms with Crippen LogP contribution in [0.4, 0.5) is 11.4 Å². The van der Waals surface area contributed by atoms with Gasteiger partial charge >= 0.3 is 0 Å². The van der Waals surface area contributed by atoms with Gasteiger partial charge in [0.2, 0.25) is 5.91 Å². The third-order valence-corrected chi connectivity index (χ3v) is 7.82. The minimum Gasteiger partial charge on any atom is -0.370 e. The zero-order valence-electron chi connectivity index (χ0n) is 21.6. The number of halogens is 1. The van der Waals surface area contributed by atoms with Crippen LogP contribution in [0.25, 0.3) is 0 Å². The van der Waals surface area contributed by atoms with Gasteiger partial charge < -0.3 is 20.3 Å². The first kappa shape index (κ1) is 27.6. The number of hydrogen-bond donors (Lipinski definition) is 2. The molecule has 0 unspecified atom stereocenters. The topological polar surface area (TPSA) is 91.0 Å². The number of ether oxygens (including phenoxy) is 1. The van der Waals surface area contributed by atoms with Gasteiger partial charge in [0.25, 0.3) is 11.8 Å². The van der Waals surface area contributed by atoms with E-state index in [2.05, 4.69) is 36.3 Å². The molecular formula is C27H35ClN4O4S. The molecule has 10 heteroatoms. The Hall–Kier alpha value is -2.46. The molecule has 1 aromatic carbocycles. The first-order valence-electron chi connectivity index (χ1n) is 12.7. The summed E-state index contributed by atoms with van der Waals surface area (Å²) in [6, 6.07) is 10.4. The molecular weight excluding hydrogens is 512 g/mol. The van der Waals surface area contributed by atoms with Gasteiger partial charge in [-0.25, -0.2) is 0 Å². The number of carbonyl (C=O) groups excluding carboxylic acids is 3. The number of anilines is 2. The number of carbonyl (C=O) groups is 3. The van der Waals surface area contributed by atoms with Crippen LogP contribution in [0.5, 0.6) is 0 Å². The Morgan fingerprint density at radius 3 is 2.49 bits per heavy atom. The lowest BCUT2D eigenvalue weighted by atomic mass is 9.86. The SMILES string of the molecule is CC(C)(C)CN(C1CCC1)[C@H](CNC(=O)c1ccc(Cl)s1)C(=O)Nc1ccc(N2CCOCC2=O)cc1. The van der Waals surface area contributed by atoms with Crippen LogP contribution < -0.4 is 15.5 Å². The first-order chi connectivity index (χ1) is 17.6. The second-order valence-corrected chi connectivity index (χ2v) is 12.5. The third kappa shape index (κ3) is 7.31. The number of amides is 3. The van der Waals surface area contributed by atoms with E-state index in [4.69, 9.17) is 16.3 Å². The Bertz CT molecular complexity index is 1110. The summed E-state index contributed by atoms with van der Waals surface area (Å²) in [6.07, 6.45) is 3.22. The summed E-state index contributed by atoms with van der Waals surface area (Å²) < 4.78 is 5.75. The van der Waals surface area contributed by atoms with Crippen molar-refractivity contribution in [1.29, 1.82) is 0 Å². The van der Waals surface area contributed by atoms with Crippen LogP contribution in [0.2, 0.25) is 4.34 Å². The maximum absolute atomic E-state index is 13.7. The summed E-state index contributed by atoms with van der Waals surface area (Å²) in [5.41, 5.74) is 1.39. The van der Waals surface area contributed by atoms with Crippen molar-refractivity contribution >= 4 is 52.0 Å². The van der Waals surface area contributed by atoms with Crippen LogP contribution in [0, 0.1) is 5.41 Å². The molecule has 2 fully saturated rings. The number of thiophene rings is 1. The van der Waals surface area contributed by atoms with Crippen molar-refractivity contribution in [3.05, 3.63) is 45.6 Å². The van der Waals surface area contributed by atoms with Crippen LogP contribution in [-0.2, 0) is 14.3 Å². The fraction of sp³-hybridized carbons (Fsp3) is 0.519. The second-order valence-electron chi connectivity index (χ2n) is 10.8. The Balaban J connectivity index is 1.50. The number of nitrogens with zero attached hydrogens (tertiary/aromatic N) is 2.